The monoisotopic (exact) mass is 190 g/mol. The second kappa shape index (κ2) is 9.48. The van der Waals surface area contributed by atoms with E-state index < -0.39 is 0 Å². The Hall–Kier alpha value is -0.610. The second-order valence-electron chi connectivity index (χ2n) is 2.80. The number of hydrogen-bond acceptors (Lipinski definition) is 4. The molecule has 4 nitrogen and oxygen atoms in total. The van der Waals surface area contributed by atoms with Crippen molar-refractivity contribution in [3.05, 3.63) is 0 Å². The summed E-state index contributed by atoms with van der Waals surface area (Å²) in [6.07, 6.45) is 4.08. The average Bonchev–Trinajstić information content (AvgIpc) is 2.14. The van der Waals surface area contributed by atoms with Crippen LogP contribution in [-0.4, -0.2) is 12.6 Å². The Morgan fingerprint density at radius 2 is 1.85 bits per heavy atom. The molecule has 0 amide bonds. The van der Waals surface area contributed by atoms with E-state index in [2.05, 4.69) is 14.8 Å². The number of unbranched alkanes of at least 4 members (excludes halogenated alkanes) is 2. The minimum Gasteiger partial charge on any atom is -0.269 e. The quantitative estimate of drug-likeness (QED) is 0.335. The number of hydrogen-bond donors (Lipinski definition) is 0. The zero-order valence-corrected chi connectivity index (χ0v) is 8.38. The highest BCUT2D eigenvalue weighted by molar-refractivity contribution is 5.68. The Bertz CT molecular complexity index is 125. The highest BCUT2D eigenvalue weighted by atomic mass is 17.5. The summed E-state index contributed by atoms with van der Waals surface area (Å²) in [4.78, 5) is 19.7. The van der Waals surface area contributed by atoms with E-state index in [0.717, 1.165) is 25.7 Å². The van der Waals surface area contributed by atoms with Crippen molar-refractivity contribution in [3.8, 4) is 0 Å². The minimum atomic E-state index is -0.377. The third-order valence-electron chi connectivity index (χ3n) is 1.49. The summed E-state index contributed by atoms with van der Waals surface area (Å²) in [6, 6.07) is 0. The number of carbonyl (C=O) groups excluding carboxylic acids is 1. The van der Waals surface area contributed by atoms with Crippen LogP contribution < -0.4 is 0 Å². The number of carbonyl (C=O) groups is 1. The first-order valence-corrected chi connectivity index (χ1v) is 4.80. The summed E-state index contributed by atoms with van der Waals surface area (Å²) in [6.45, 7) is 4.50. The molecule has 0 radical (unpaired) electrons. The predicted octanol–water partition coefficient (Wildman–Crippen LogP) is 2.38. The average molecular weight is 190 g/mol. The second-order valence-corrected chi connectivity index (χ2v) is 2.80. The zero-order valence-electron chi connectivity index (χ0n) is 8.38. The van der Waals surface area contributed by atoms with Gasteiger partial charge in [-0.05, 0) is 17.9 Å². The van der Waals surface area contributed by atoms with Crippen LogP contribution in [0.2, 0.25) is 0 Å². The summed E-state index contributed by atoms with van der Waals surface area (Å²) in [5, 5.41) is 4.25. The molecule has 0 aliphatic rings. The molecule has 0 heterocycles. The van der Waals surface area contributed by atoms with Gasteiger partial charge in [-0.1, -0.05) is 26.7 Å². The highest BCUT2D eigenvalue weighted by Crippen LogP contribution is 1.97. The molecule has 0 aliphatic carbocycles. The van der Waals surface area contributed by atoms with Gasteiger partial charge in [-0.25, -0.2) is 4.79 Å². The van der Waals surface area contributed by atoms with Crippen LogP contribution in [0.5, 0.6) is 0 Å². The van der Waals surface area contributed by atoms with Crippen molar-refractivity contribution >= 4 is 5.97 Å². The molecule has 0 spiro atoms. The Morgan fingerprint density at radius 3 is 2.46 bits per heavy atom. The molecule has 0 aromatic carbocycles. The Morgan fingerprint density at radius 1 is 1.15 bits per heavy atom. The van der Waals surface area contributed by atoms with Gasteiger partial charge in [-0.15, -0.1) is 0 Å². The summed E-state index contributed by atoms with van der Waals surface area (Å²) >= 11 is 0. The first-order valence-electron chi connectivity index (χ1n) is 4.80. The van der Waals surface area contributed by atoms with Crippen molar-refractivity contribution in [3.63, 3.8) is 0 Å². The van der Waals surface area contributed by atoms with Gasteiger partial charge >= 0.3 is 5.97 Å². The Kier molecular flexibility index (Phi) is 9.03. The lowest BCUT2D eigenvalue weighted by Gasteiger charge is -2.01. The van der Waals surface area contributed by atoms with Gasteiger partial charge in [0.05, 0.1) is 6.61 Å². The molecular formula is C9H18O4. The third-order valence-corrected chi connectivity index (χ3v) is 1.49. The van der Waals surface area contributed by atoms with Crippen molar-refractivity contribution in [2.45, 2.75) is 46.0 Å². The molecule has 0 rings (SSSR count). The van der Waals surface area contributed by atoms with Gasteiger partial charge in [0.1, 0.15) is 0 Å². The zero-order chi connectivity index (χ0) is 9.94. The van der Waals surface area contributed by atoms with Gasteiger partial charge in [0.25, 0.3) is 0 Å². The largest absolute Gasteiger partial charge is 0.345 e. The van der Waals surface area contributed by atoms with Crippen LogP contribution in [0.1, 0.15) is 46.0 Å². The van der Waals surface area contributed by atoms with Crippen LogP contribution >= 0.6 is 0 Å². The molecular weight excluding hydrogens is 172 g/mol. The molecule has 0 aromatic heterocycles. The molecule has 78 valence electrons. The molecule has 13 heavy (non-hydrogen) atoms. The molecule has 0 N–H and O–H groups in total. The van der Waals surface area contributed by atoms with Crippen molar-refractivity contribution < 1.29 is 19.6 Å². The molecule has 0 unspecified atom stereocenters. The van der Waals surface area contributed by atoms with Crippen molar-refractivity contribution in [1.29, 1.82) is 0 Å². The van der Waals surface area contributed by atoms with E-state index in [1.54, 1.807) is 0 Å². The normalized spacial score (nSPS) is 10.0. The van der Waals surface area contributed by atoms with E-state index in [4.69, 9.17) is 0 Å². The fraction of sp³-hybridized carbons (Fsp3) is 0.889. The first-order chi connectivity index (χ1) is 6.31. The molecule has 0 aliphatic heterocycles. The summed E-state index contributed by atoms with van der Waals surface area (Å²) in [5.41, 5.74) is 0. The van der Waals surface area contributed by atoms with Crippen LogP contribution in [-0.2, 0) is 19.6 Å². The molecule has 0 atom stereocenters. The van der Waals surface area contributed by atoms with E-state index in [9.17, 15) is 4.79 Å². The SMILES string of the molecule is CCCCOOOC(=O)CCCC. The topological polar surface area (TPSA) is 44.8 Å². The maximum atomic E-state index is 10.8. The van der Waals surface area contributed by atoms with E-state index in [1.165, 1.54) is 0 Å². The van der Waals surface area contributed by atoms with Gasteiger partial charge in [0.15, 0.2) is 0 Å². The van der Waals surface area contributed by atoms with Gasteiger partial charge in [-0.3, -0.25) is 4.89 Å². The summed E-state index contributed by atoms with van der Waals surface area (Å²) in [5.74, 6) is -0.377. The number of rotatable bonds is 8. The Labute approximate surface area is 79.0 Å². The van der Waals surface area contributed by atoms with Crippen LogP contribution in [0, 0.1) is 0 Å². The maximum Gasteiger partial charge on any atom is 0.345 e. The smallest absolute Gasteiger partial charge is 0.269 e. The van der Waals surface area contributed by atoms with Crippen LogP contribution in [0.25, 0.3) is 0 Å². The van der Waals surface area contributed by atoms with Gasteiger partial charge in [-0.2, -0.15) is 4.89 Å². The van der Waals surface area contributed by atoms with E-state index >= 15 is 0 Å². The predicted molar refractivity (Wildman–Crippen MR) is 47.6 cm³/mol. The lowest BCUT2D eigenvalue weighted by Crippen LogP contribution is -2.06. The van der Waals surface area contributed by atoms with Crippen molar-refractivity contribution in [2.24, 2.45) is 0 Å². The molecule has 4 heteroatoms. The fourth-order valence-corrected chi connectivity index (χ4v) is 0.662. The molecule has 0 aromatic rings. The molecule has 0 fully saturated rings. The lowest BCUT2D eigenvalue weighted by molar-refractivity contribution is -0.486. The maximum absolute atomic E-state index is 10.8. The lowest BCUT2D eigenvalue weighted by atomic mass is 10.3. The van der Waals surface area contributed by atoms with E-state index in [0.29, 0.717) is 13.0 Å². The standard InChI is InChI=1S/C9H18O4/c1-3-5-7-9(10)12-13-11-8-6-4-2/h3-8H2,1-2H3. The highest BCUT2D eigenvalue weighted by Gasteiger charge is 2.02. The molecule has 0 saturated heterocycles. The third kappa shape index (κ3) is 9.30. The first kappa shape index (κ1) is 12.4. The van der Waals surface area contributed by atoms with Crippen LogP contribution in [0.3, 0.4) is 0 Å². The van der Waals surface area contributed by atoms with Crippen molar-refractivity contribution in [1.82, 2.24) is 0 Å². The van der Waals surface area contributed by atoms with Gasteiger partial charge in [0.2, 0.25) is 0 Å². The van der Waals surface area contributed by atoms with Gasteiger partial charge in [0, 0.05) is 6.42 Å². The minimum absolute atomic E-state index is 0.377. The van der Waals surface area contributed by atoms with Crippen molar-refractivity contribution in [2.75, 3.05) is 6.61 Å². The summed E-state index contributed by atoms with van der Waals surface area (Å²) < 4.78 is 0. The summed E-state index contributed by atoms with van der Waals surface area (Å²) in [7, 11) is 0. The molecule has 0 bridgehead atoms. The van der Waals surface area contributed by atoms with Crippen LogP contribution in [0.15, 0.2) is 0 Å². The molecule has 0 saturated carbocycles. The van der Waals surface area contributed by atoms with Crippen LogP contribution in [0.4, 0.5) is 0 Å². The fourth-order valence-electron chi connectivity index (χ4n) is 0.662. The van der Waals surface area contributed by atoms with E-state index in [-0.39, 0.29) is 5.97 Å². The Balaban J connectivity index is 3.08. The van der Waals surface area contributed by atoms with E-state index in [1.807, 2.05) is 13.8 Å². The van der Waals surface area contributed by atoms with Gasteiger partial charge < -0.3 is 0 Å².